The van der Waals surface area contributed by atoms with Crippen LogP contribution in [0.4, 0.5) is 0 Å². The fourth-order valence-electron chi connectivity index (χ4n) is 1.30. The van der Waals surface area contributed by atoms with Crippen LogP contribution in [0.25, 0.3) is 0 Å². The van der Waals surface area contributed by atoms with Crippen LogP contribution in [-0.2, 0) is 23.2 Å². The Morgan fingerprint density at radius 1 is 1.53 bits per heavy atom. The number of hydrogen-bond acceptors (Lipinski definition) is 3. The highest BCUT2D eigenvalue weighted by Crippen LogP contribution is 2.03. The number of nitrogens with zero attached hydrogens (tertiary/aromatic N) is 2. The molecule has 0 radical (unpaired) electrons. The number of aryl methyl sites for hydroxylation is 2. The van der Waals surface area contributed by atoms with E-state index in [2.05, 4.69) is 10.4 Å². The van der Waals surface area contributed by atoms with Gasteiger partial charge in [-0.2, -0.15) is 5.10 Å². The smallest absolute Gasteiger partial charge is 0.227 e. The molecule has 82 valence electrons. The van der Waals surface area contributed by atoms with E-state index in [1.165, 1.54) is 6.92 Å². The van der Waals surface area contributed by atoms with Crippen LogP contribution in [0.1, 0.15) is 24.6 Å². The van der Waals surface area contributed by atoms with Crippen molar-refractivity contribution in [3.8, 4) is 0 Å². The maximum atomic E-state index is 11.2. The summed E-state index contributed by atoms with van der Waals surface area (Å²) in [5.74, 6) is -0.374. The maximum Gasteiger partial charge on any atom is 0.227 e. The van der Waals surface area contributed by atoms with Crippen molar-refractivity contribution in [3.63, 3.8) is 0 Å². The summed E-state index contributed by atoms with van der Waals surface area (Å²) in [5, 5.41) is 6.82. The van der Waals surface area contributed by atoms with Crippen molar-refractivity contribution in [2.24, 2.45) is 7.05 Å². The maximum absolute atomic E-state index is 11.2. The van der Waals surface area contributed by atoms with Crippen molar-refractivity contribution < 1.29 is 9.59 Å². The lowest BCUT2D eigenvalue weighted by Crippen LogP contribution is -2.24. The van der Waals surface area contributed by atoms with Crippen LogP contribution in [0.15, 0.2) is 6.20 Å². The molecular formula is C10H15N3O2. The van der Waals surface area contributed by atoms with Gasteiger partial charge in [0.05, 0.1) is 12.1 Å². The second-order valence-electron chi connectivity index (χ2n) is 3.57. The molecule has 1 rings (SSSR count). The second kappa shape index (κ2) is 4.72. The molecule has 0 aromatic carbocycles. The van der Waals surface area contributed by atoms with E-state index in [0.29, 0.717) is 6.54 Å². The lowest BCUT2D eigenvalue weighted by molar-refractivity contribution is -0.127. The Labute approximate surface area is 88.5 Å². The van der Waals surface area contributed by atoms with Crippen LogP contribution in [0.3, 0.4) is 0 Å². The monoisotopic (exact) mass is 209 g/mol. The van der Waals surface area contributed by atoms with Crippen LogP contribution in [0.5, 0.6) is 0 Å². The Kier molecular flexibility index (Phi) is 3.60. The standard InChI is InChI=1S/C10H15N3O2/c1-7(14)4-10(15)11-5-9-6-13(3)12-8(9)2/h6H,4-5H2,1-3H3,(H,11,15). The van der Waals surface area contributed by atoms with E-state index in [9.17, 15) is 9.59 Å². The van der Waals surface area contributed by atoms with E-state index in [0.717, 1.165) is 11.3 Å². The molecule has 15 heavy (non-hydrogen) atoms. The van der Waals surface area contributed by atoms with Gasteiger partial charge in [0.2, 0.25) is 5.91 Å². The van der Waals surface area contributed by atoms with Crippen LogP contribution in [0, 0.1) is 6.92 Å². The Hall–Kier alpha value is -1.65. The minimum absolute atomic E-state index is 0.0562. The molecule has 5 nitrogen and oxygen atoms in total. The summed E-state index contributed by atoms with van der Waals surface area (Å²) in [4.78, 5) is 21.8. The van der Waals surface area contributed by atoms with Gasteiger partial charge in [0, 0.05) is 25.4 Å². The highest BCUT2D eigenvalue weighted by atomic mass is 16.2. The largest absolute Gasteiger partial charge is 0.352 e. The van der Waals surface area contributed by atoms with Gasteiger partial charge in [0.1, 0.15) is 5.78 Å². The van der Waals surface area contributed by atoms with Crippen LogP contribution in [-0.4, -0.2) is 21.5 Å². The van der Waals surface area contributed by atoms with Gasteiger partial charge in [-0.05, 0) is 13.8 Å². The topological polar surface area (TPSA) is 64.0 Å². The number of rotatable bonds is 4. The highest BCUT2D eigenvalue weighted by molar-refractivity contribution is 5.96. The SMILES string of the molecule is CC(=O)CC(=O)NCc1cn(C)nc1C. The quantitative estimate of drug-likeness (QED) is 0.726. The molecule has 0 atom stereocenters. The van der Waals surface area contributed by atoms with Crippen molar-refractivity contribution in [2.75, 3.05) is 0 Å². The van der Waals surface area contributed by atoms with E-state index in [-0.39, 0.29) is 18.1 Å². The molecule has 5 heteroatoms. The number of aromatic nitrogens is 2. The van der Waals surface area contributed by atoms with Crippen molar-refractivity contribution in [1.29, 1.82) is 0 Å². The van der Waals surface area contributed by atoms with Crippen LogP contribution >= 0.6 is 0 Å². The Morgan fingerprint density at radius 3 is 2.67 bits per heavy atom. The first-order valence-electron chi connectivity index (χ1n) is 4.74. The molecule has 0 spiro atoms. The third kappa shape index (κ3) is 3.53. The highest BCUT2D eigenvalue weighted by Gasteiger charge is 2.07. The lowest BCUT2D eigenvalue weighted by Gasteiger charge is -2.01. The molecule has 1 N–H and O–H groups in total. The Morgan fingerprint density at radius 2 is 2.20 bits per heavy atom. The summed E-state index contributed by atoms with van der Waals surface area (Å²) in [6.45, 7) is 3.70. The van der Waals surface area contributed by atoms with Gasteiger partial charge in [-0.25, -0.2) is 0 Å². The fourth-order valence-corrected chi connectivity index (χ4v) is 1.30. The molecule has 0 fully saturated rings. The number of amides is 1. The zero-order chi connectivity index (χ0) is 11.4. The summed E-state index contributed by atoms with van der Waals surface area (Å²) in [5.41, 5.74) is 1.86. The summed E-state index contributed by atoms with van der Waals surface area (Å²) < 4.78 is 1.70. The molecule has 0 bridgehead atoms. The van der Waals surface area contributed by atoms with Crippen molar-refractivity contribution >= 4 is 11.7 Å². The average molecular weight is 209 g/mol. The van der Waals surface area contributed by atoms with Crippen molar-refractivity contribution in [3.05, 3.63) is 17.5 Å². The van der Waals surface area contributed by atoms with Crippen molar-refractivity contribution in [2.45, 2.75) is 26.8 Å². The Bertz CT molecular complexity index is 382. The summed E-state index contributed by atoms with van der Waals surface area (Å²) in [6.07, 6.45) is 1.79. The number of carbonyl (C=O) groups excluding carboxylic acids is 2. The van der Waals surface area contributed by atoms with Gasteiger partial charge in [0.15, 0.2) is 0 Å². The van der Waals surface area contributed by atoms with E-state index in [1.54, 1.807) is 4.68 Å². The summed E-state index contributed by atoms with van der Waals surface area (Å²) >= 11 is 0. The number of ketones is 1. The van der Waals surface area contributed by atoms with E-state index >= 15 is 0 Å². The van der Waals surface area contributed by atoms with E-state index in [4.69, 9.17) is 0 Å². The zero-order valence-electron chi connectivity index (χ0n) is 9.20. The lowest BCUT2D eigenvalue weighted by atomic mass is 10.2. The van der Waals surface area contributed by atoms with Gasteiger partial charge in [-0.15, -0.1) is 0 Å². The normalized spacial score (nSPS) is 10.1. The van der Waals surface area contributed by atoms with Gasteiger partial charge in [-0.1, -0.05) is 0 Å². The van der Waals surface area contributed by atoms with E-state index < -0.39 is 0 Å². The van der Waals surface area contributed by atoms with Gasteiger partial charge >= 0.3 is 0 Å². The number of nitrogens with one attached hydrogen (secondary N) is 1. The molecule has 1 aromatic heterocycles. The first-order valence-corrected chi connectivity index (χ1v) is 4.74. The molecule has 1 aromatic rings. The third-order valence-electron chi connectivity index (χ3n) is 2.00. The average Bonchev–Trinajstić information content (AvgIpc) is 2.40. The third-order valence-corrected chi connectivity index (χ3v) is 2.00. The first kappa shape index (κ1) is 11.4. The first-order chi connectivity index (χ1) is 6.99. The van der Waals surface area contributed by atoms with Crippen LogP contribution in [0.2, 0.25) is 0 Å². The minimum Gasteiger partial charge on any atom is -0.352 e. The number of hydrogen-bond donors (Lipinski definition) is 1. The molecule has 1 heterocycles. The second-order valence-corrected chi connectivity index (χ2v) is 3.57. The molecule has 0 aliphatic rings. The molecule has 0 aliphatic heterocycles. The fraction of sp³-hybridized carbons (Fsp3) is 0.500. The van der Waals surface area contributed by atoms with Gasteiger partial charge in [-0.3, -0.25) is 14.3 Å². The predicted molar refractivity (Wildman–Crippen MR) is 55.1 cm³/mol. The molecular weight excluding hydrogens is 194 g/mol. The number of Topliss-reactive ketones (excluding diaryl/α,β-unsaturated/α-hetero) is 1. The molecule has 0 aliphatic carbocycles. The van der Waals surface area contributed by atoms with Crippen molar-refractivity contribution in [1.82, 2.24) is 15.1 Å². The number of carbonyl (C=O) groups is 2. The molecule has 1 amide bonds. The molecule has 0 saturated carbocycles. The van der Waals surface area contributed by atoms with E-state index in [1.807, 2.05) is 20.2 Å². The zero-order valence-corrected chi connectivity index (χ0v) is 9.20. The van der Waals surface area contributed by atoms with Crippen LogP contribution < -0.4 is 5.32 Å². The molecule has 0 unspecified atom stereocenters. The Balaban J connectivity index is 2.47. The summed E-state index contributed by atoms with van der Waals surface area (Å²) in [6, 6.07) is 0. The van der Waals surface area contributed by atoms with Gasteiger partial charge < -0.3 is 5.32 Å². The van der Waals surface area contributed by atoms with Gasteiger partial charge in [0.25, 0.3) is 0 Å². The minimum atomic E-state index is -0.245. The molecule has 0 saturated heterocycles. The summed E-state index contributed by atoms with van der Waals surface area (Å²) in [7, 11) is 1.83. The predicted octanol–water partition coefficient (Wildman–Crippen LogP) is 0.324.